The number of anilines is 1. The Labute approximate surface area is 107 Å². The number of thioether (sulfide) groups is 1. The average Bonchev–Trinajstić information content (AvgIpc) is 2.35. The first-order chi connectivity index (χ1) is 8.19. The van der Waals surface area contributed by atoms with Crippen LogP contribution in [0.1, 0.15) is 36.5 Å². The van der Waals surface area contributed by atoms with Crippen molar-refractivity contribution in [1.82, 2.24) is 5.32 Å². The molecule has 1 amide bonds. The second-order valence-corrected chi connectivity index (χ2v) is 5.02. The Hall–Kier alpha value is -1.16. The number of benzene rings is 1. The molecule has 0 saturated heterocycles. The van der Waals surface area contributed by atoms with Gasteiger partial charge in [0.15, 0.2) is 0 Å². The van der Waals surface area contributed by atoms with Gasteiger partial charge in [-0.25, -0.2) is 0 Å². The van der Waals surface area contributed by atoms with Crippen LogP contribution in [0.4, 0.5) is 5.69 Å². The van der Waals surface area contributed by atoms with E-state index < -0.39 is 0 Å². The van der Waals surface area contributed by atoms with Gasteiger partial charge < -0.3 is 11.1 Å². The number of unbranched alkanes of at least 4 members (excludes halogenated alkanes) is 2. The van der Waals surface area contributed by atoms with E-state index in [0.717, 1.165) is 10.6 Å². The summed E-state index contributed by atoms with van der Waals surface area (Å²) >= 11 is 1.76. The number of carbonyl (C=O) groups is 1. The van der Waals surface area contributed by atoms with E-state index in [1.807, 2.05) is 12.1 Å². The molecule has 1 aromatic carbocycles. The molecule has 0 aliphatic heterocycles. The highest BCUT2D eigenvalue weighted by atomic mass is 32.2. The standard InChI is InChI=1S/C13H20N2OS/c1-3-4-5-8-17-12-7-6-10(9-11(12)14)13(16)15-2/h6-7,9H,3-5,8,14H2,1-2H3,(H,15,16). The predicted octanol–water partition coefficient (Wildman–Crippen LogP) is 2.91. The maximum atomic E-state index is 11.4. The van der Waals surface area contributed by atoms with Gasteiger partial charge in [-0.2, -0.15) is 0 Å². The first kappa shape index (κ1) is 13.9. The predicted molar refractivity (Wildman–Crippen MR) is 74.5 cm³/mol. The van der Waals surface area contributed by atoms with Gasteiger partial charge in [0.05, 0.1) is 0 Å². The number of nitrogen functional groups attached to an aromatic ring is 1. The molecule has 3 nitrogen and oxygen atoms in total. The van der Waals surface area contributed by atoms with Crippen molar-refractivity contribution in [3.63, 3.8) is 0 Å². The van der Waals surface area contributed by atoms with Crippen molar-refractivity contribution in [2.45, 2.75) is 31.1 Å². The molecule has 1 rings (SSSR count). The Morgan fingerprint density at radius 2 is 2.18 bits per heavy atom. The summed E-state index contributed by atoms with van der Waals surface area (Å²) in [6.07, 6.45) is 3.69. The average molecular weight is 252 g/mol. The summed E-state index contributed by atoms with van der Waals surface area (Å²) in [4.78, 5) is 12.5. The summed E-state index contributed by atoms with van der Waals surface area (Å²) in [5, 5.41) is 2.59. The molecule has 0 unspecified atom stereocenters. The fraction of sp³-hybridized carbons (Fsp3) is 0.462. The molecular weight excluding hydrogens is 232 g/mol. The van der Waals surface area contributed by atoms with Crippen LogP contribution in [0.2, 0.25) is 0 Å². The van der Waals surface area contributed by atoms with Crippen LogP contribution < -0.4 is 11.1 Å². The molecule has 0 spiro atoms. The summed E-state index contributed by atoms with van der Waals surface area (Å²) in [6, 6.07) is 5.48. The normalized spacial score (nSPS) is 10.2. The van der Waals surface area contributed by atoms with E-state index in [2.05, 4.69) is 12.2 Å². The summed E-state index contributed by atoms with van der Waals surface area (Å²) in [5.41, 5.74) is 7.23. The number of hydrogen-bond donors (Lipinski definition) is 2. The van der Waals surface area contributed by atoms with E-state index in [4.69, 9.17) is 5.73 Å². The third kappa shape index (κ3) is 4.30. The summed E-state index contributed by atoms with van der Waals surface area (Å²) in [6.45, 7) is 2.19. The maximum Gasteiger partial charge on any atom is 0.251 e. The zero-order valence-corrected chi connectivity index (χ0v) is 11.3. The molecule has 17 heavy (non-hydrogen) atoms. The molecule has 94 valence electrons. The van der Waals surface area contributed by atoms with E-state index >= 15 is 0 Å². The minimum absolute atomic E-state index is 0.0979. The Bertz CT molecular complexity index is 380. The molecular formula is C13H20N2OS. The first-order valence-corrected chi connectivity index (χ1v) is 6.92. The van der Waals surface area contributed by atoms with Crippen molar-refractivity contribution in [3.05, 3.63) is 23.8 Å². The fourth-order valence-corrected chi connectivity index (χ4v) is 2.46. The molecule has 0 bridgehead atoms. The number of nitrogens with two attached hydrogens (primary N) is 1. The van der Waals surface area contributed by atoms with E-state index in [1.54, 1.807) is 24.9 Å². The molecule has 0 aliphatic rings. The Morgan fingerprint density at radius 3 is 2.76 bits per heavy atom. The number of rotatable bonds is 6. The molecule has 0 aliphatic carbocycles. The Morgan fingerprint density at radius 1 is 1.41 bits per heavy atom. The van der Waals surface area contributed by atoms with Gasteiger partial charge in [0.25, 0.3) is 5.91 Å². The monoisotopic (exact) mass is 252 g/mol. The van der Waals surface area contributed by atoms with Crippen LogP contribution in [0, 0.1) is 0 Å². The van der Waals surface area contributed by atoms with Crippen LogP contribution in [-0.2, 0) is 0 Å². The molecule has 0 radical (unpaired) electrons. The number of nitrogens with one attached hydrogen (secondary N) is 1. The first-order valence-electron chi connectivity index (χ1n) is 5.93. The minimum atomic E-state index is -0.0979. The SMILES string of the molecule is CCCCCSc1ccc(C(=O)NC)cc1N. The van der Waals surface area contributed by atoms with Crippen molar-refractivity contribution < 1.29 is 4.79 Å². The van der Waals surface area contributed by atoms with Gasteiger partial charge in [-0.3, -0.25) is 4.79 Å². The van der Waals surface area contributed by atoms with Crippen LogP contribution in [-0.4, -0.2) is 18.7 Å². The van der Waals surface area contributed by atoms with Gasteiger partial charge in [-0.05, 0) is 30.4 Å². The third-order valence-electron chi connectivity index (χ3n) is 2.50. The van der Waals surface area contributed by atoms with Gasteiger partial charge in [-0.1, -0.05) is 19.8 Å². The second kappa shape index (κ2) is 7.22. The van der Waals surface area contributed by atoms with Crippen LogP contribution in [0.15, 0.2) is 23.1 Å². The molecule has 4 heteroatoms. The highest BCUT2D eigenvalue weighted by molar-refractivity contribution is 7.99. The topological polar surface area (TPSA) is 55.1 Å². The van der Waals surface area contributed by atoms with Crippen molar-refractivity contribution in [1.29, 1.82) is 0 Å². The Balaban J connectivity index is 2.60. The molecule has 0 aromatic heterocycles. The number of amides is 1. The fourth-order valence-electron chi connectivity index (χ4n) is 1.50. The zero-order valence-electron chi connectivity index (χ0n) is 10.5. The molecule has 3 N–H and O–H groups in total. The van der Waals surface area contributed by atoms with Gasteiger partial charge in [0.1, 0.15) is 0 Å². The van der Waals surface area contributed by atoms with E-state index in [0.29, 0.717) is 11.3 Å². The molecule has 0 saturated carbocycles. The van der Waals surface area contributed by atoms with Gasteiger partial charge >= 0.3 is 0 Å². The van der Waals surface area contributed by atoms with E-state index in [1.165, 1.54) is 19.3 Å². The van der Waals surface area contributed by atoms with Gasteiger partial charge in [0.2, 0.25) is 0 Å². The third-order valence-corrected chi connectivity index (χ3v) is 3.68. The summed E-state index contributed by atoms with van der Waals surface area (Å²) in [5.74, 6) is 0.983. The van der Waals surface area contributed by atoms with Gasteiger partial charge in [0, 0.05) is 23.2 Å². The summed E-state index contributed by atoms with van der Waals surface area (Å²) in [7, 11) is 1.62. The summed E-state index contributed by atoms with van der Waals surface area (Å²) < 4.78 is 0. The second-order valence-electron chi connectivity index (χ2n) is 3.89. The molecule has 0 atom stereocenters. The lowest BCUT2D eigenvalue weighted by atomic mass is 10.2. The highest BCUT2D eigenvalue weighted by Crippen LogP contribution is 2.26. The highest BCUT2D eigenvalue weighted by Gasteiger charge is 2.06. The lowest BCUT2D eigenvalue weighted by molar-refractivity contribution is 0.0963. The minimum Gasteiger partial charge on any atom is -0.398 e. The zero-order chi connectivity index (χ0) is 12.7. The van der Waals surface area contributed by atoms with Crippen LogP contribution in [0.5, 0.6) is 0 Å². The molecule has 0 fully saturated rings. The Kier molecular flexibility index (Phi) is 5.91. The smallest absolute Gasteiger partial charge is 0.251 e. The molecule has 1 aromatic rings. The number of hydrogen-bond acceptors (Lipinski definition) is 3. The van der Waals surface area contributed by atoms with Crippen molar-refractivity contribution in [3.8, 4) is 0 Å². The van der Waals surface area contributed by atoms with Crippen LogP contribution >= 0.6 is 11.8 Å². The number of carbonyl (C=O) groups excluding carboxylic acids is 1. The van der Waals surface area contributed by atoms with E-state index in [-0.39, 0.29) is 5.91 Å². The van der Waals surface area contributed by atoms with Crippen molar-refractivity contribution in [2.24, 2.45) is 0 Å². The lowest BCUT2D eigenvalue weighted by Gasteiger charge is -2.07. The van der Waals surface area contributed by atoms with Crippen molar-refractivity contribution in [2.75, 3.05) is 18.5 Å². The van der Waals surface area contributed by atoms with Crippen molar-refractivity contribution >= 4 is 23.4 Å². The van der Waals surface area contributed by atoms with Gasteiger partial charge in [-0.15, -0.1) is 11.8 Å². The van der Waals surface area contributed by atoms with E-state index in [9.17, 15) is 4.79 Å². The van der Waals surface area contributed by atoms with Crippen LogP contribution in [0.25, 0.3) is 0 Å². The molecule has 0 heterocycles. The van der Waals surface area contributed by atoms with Crippen LogP contribution in [0.3, 0.4) is 0 Å². The largest absolute Gasteiger partial charge is 0.398 e. The lowest BCUT2D eigenvalue weighted by Crippen LogP contribution is -2.17. The maximum absolute atomic E-state index is 11.4. The quantitative estimate of drug-likeness (QED) is 0.465.